The lowest BCUT2D eigenvalue weighted by atomic mass is 10.0. The molecular weight excluding hydrogens is 310 g/mol. The smallest absolute Gasteiger partial charge is 0.344 e. The van der Waals surface area contributed by atoms with Crippen molar-refractivity contribution in [2.45, 2.75) is 37.5 Å². The van der Waals surface area contributed by atoms with Gasteiger partial charge in [-0.15, -0.1) is 0 Å². The molecule has 0 fully saturated rings. The molecule has 0 aromatic heterocycles. The summed E-state index contributed by atoms with van der Waals surface area (Å²) >= 11 is 0. The Labute approximate surface area is 129 Å². The summed E-state index contributed by atoms with van der Waals surface area (Å²) in [7, 11) is -2.52. The van der Waals surface area contributed by atoms with Crippen LogP contribution in [-0.4, -0.2) is 32.7 Å². The van der Waals surface area contributed by atoms with Gasteiger partial charge in [0.2, 0.25) is 0 Å². The second-order valence-corrected chi connectivity index (χ2v) is 6.94. The number of nitro groups is 1. The SMILES string of the molecule is CCCCCc1cc([N+](=O)[O-])c(C(=O)OC)cc1S(C)(=O)=O. The van der Waals surface area contributed by atoms with E-state index in [-0.39, 0.29) is 10.5 Å². The number of carbonyl (C=O) groups excluding carboxylic acids is 1. The molecule has 0 unspecified atom stereocenters. The maximum Gasteiger partial charge on any atom is 0.344 e. The molecule has 22 heavy (non-hydrogen) atoms. The molecule has 0 aliphatic rings. The minimum atomic E-state index is -3.61. The molecule has 8 heteroatoms. The minimum Gasteiger partial charge on any atom is -0.465 e. The molecule has 0 saturated carbocycles. The zero-order chi connectivity index (χ0) is 16.9. The number of hydrogen-bond acceptors (Lipinski definition) is 6. The first-order valence-electron chi connectivity index (χ1n) is 6.82. The van der Waals surface area contributed by atoms with Crippen LogP contribution < -0.4 is 0 Å². The van der Waals surface area contributed by atoms with Gasteiger partial charge in [0.05, 0.1) is 16.9 Å². The summed E-state index contributed by atoms with van der Waals surface area (Å²) in [5, 5.41) is 11.1. The molecule has 0 aliphatic heterocycles. The lowest BCUT2D eigenvalue weighted by Gasteiger charge is -2.10. The van der Waals surface area contributed by atoms with Gasteiger partial charge in [-0.05, 0) is 24.5 Å². The summed E-state index contributed by atoms with van der Waals surface area (Å²) < 4.78 is 28.3. The van der Waals surface area contributed by atoms with Crippen LogP contribution in [0, 0.1) is 10.1 Å². The highest BCUT2D eigenvalue weighted by Gasteiger charge is 2.26. The molecule has 1 aromatic carbocycles. The Bertz CT molecular complexity index is 681. The fraction of sp³-hybridized carbons (Fsp3) is 0.500. The highest BCUT2D eigenvalue weighted by atomic mass is 32.2. The van der Waals surface area contributed by atoms with Crippen molar-refractivity contribution in [1.29, 1.82) is 0 Å². The van der Waals surface area contributed by atoms with E-state index in [2.05, 4.69) is 4.74 Å². The number of carbonyl (C=O) groups is 1. The average Bonchev–Trinajstić information content (AvgIpc) is 2.44. The van der Waals surface area contributed by atoms with Crippen LogP contribution in [0.3, 0.4) is 0 Å². The average molecular weight is 329 g/mol. The van der Waals surface area contributed by atoms with Gasteiger partial charge in [-0.2, -0.15) is 0 Å². The molecule has 0 spiro atoms. The van der Waals surface area contributed by atoms with E-state index in [1.165, 1.54) is 0 Å². The van der Waals surface area contributed by atoms with Gasteiger partial charge in [-0.3, -0.25) is 10.1 Å². The summed E-state index contributed by atoms with van der Waals surface area (Å²) in [5.41, 5.74) is -0.437. The van der Waals surface area contributed by atoms with E-state index in [4.69, 9.17) is 0 Å². The van der Waals surface area contributed by atoms with Gasteiger partial charge in [0.15, 0.2) is 9.84 Å². The molecule has 7 nitrogen and oxygen atoms in total. The van der Waals surface area contributed by atoms with Gasteiger partial charge < -0.3 is 4.74 Å². The Morgan fingerprint density at radius 1 is 1.32 bits per heavy atom. The van der Waals surface area contributed by atoms with Crippen molar-refractivity contribution in [1.82, 2.24) is 0 Å². The van der Waals surface area contributed by atoms with Crippen molar-refractivity contribution < 1.29 is 22.9 Å². The Balaban J connectivity index is 3.51. The monoisotopic (exact) mass is 329 g/mol. The van der Waals surface area contributed by atoms with E-state index in [1.54, 1.807) is 0 Å². The van der Waals surface area contributed by atoms with Crippen molar-refractivity contribution in [3.8, 4) is 0 Å². The van der Waals surface area contributed by atoms with Gasteiger partial charge in [-0.25, -0.2) is 13.2 Å². The fourth-order valence-corrected chi connectivity index (χ4v) is 3.11. The zero-order valence-corrected chi connectivity index (χ0v) is 13.6. The van der Waals surface area contributed by atoms with Crippen LogP contribution in [0.25, 0.3) is 0 Å². The van der Waals surface area contributed by atoms with Crippen LogP contribution >= 0.6 is 0 Å². The van der Waals surface area contributed by atoms with Crippen molar-refractivity contribution in [2.24, 2.45) is 0 Å². The number of esters is 1. The predicted molar refractivity (Wildman–Crippen MR) is 80.8 cm³/mol. The van der Waals surface area contributed by atoms with E-state index in [9.17, 15) is 23.3 Å². The van der Waals surface area contributed by atoms with E-state index in [0.717, 1.165) is 38.3 Å². The molecule has 0 saturated heterocycles. The Kier molecular flexibility index (Phi) is 6.04. The summed E-state index contributed by atoms with van der Waals surface area (Å²) in [6.07, 6.45) is 3.96. The molecule has 0 amide bonds. The number of sulfone groups is 1. The Hall–Kier alpha value is -1.96. The van der Waals surface area contributed by atoms with Crippen LogP contribution in [-0.2, 0) is 21.0 Å². The molecule has 122 valence electrons. The third-order valence-electron chi connectivity index (χ3n) is 3.23. The van der Waals surface area contributed by atoms with Crippen LogP contribution in [0.15, 0.2) is 17.0 Å². The number of nitrogens with zero attached hydrogens (tertiary/aromatic N) is 1. The van der Waals surface area contributed by atoms with Gasteiger partial charge in [0.25, 0.3) is 5.69 Å². The maximum absolute atomic E-state index is 11.9. The van der Waals surface area contributed by atoms with Crippen LogP contribution in [0.2, 0.25) is 0 Å². The highest BCUT2D eigenvalue weighted by molar-refractivity contribution is 7.90. The second kappa shape index (κ2) is 7.35. The van der Waals surface area contributed by atoms with Crippen molar-refractivity contribution in [2.75, 3.05) is 13.4 Å². The first-order valence-corrected chi connectivity index (χ1v) is 8.71. The van der Waals surface area contributed by atoms with Crippen molar-refractivity contribution >= 4 is 21.5 Å². The lowest BCUT2D eigenvalue weighted by Crippen LogP contribution is -2.11. The zero-order valence-electron chi connectivity index (χ0n) is 12.8. The summed E-state index contributed by atoms with van der Waals surface area (Å²) in [6.45, 7) is 2.00. The van der Waals surface area contributed by atoms with Crippen LogP contribution in [0.5, 0.6) is 0 Å². The molecule has 1 aromatic rings. The summed E-state index contributed by atoms with van der Waals surface area (Å²) in [6, 6.07) is 2.21. The first-order chi connectivity index (χ1) is 10.2. The van der Waals surface area contributed by atoms with E-state index in [1.807, 2.05) is 6.92 Å². The number of benzene rings is 1. The summed E-state index contributed by atoms with van der Waals surface area (Å²) in [4.78, 5) is 22.0. The van der Waals surface area contributed by atoms with Crippen LogP contribution in [0.4, 0.5) is 5.69 Å². The lowest BCUT2D eigenvalue weighted by molar-refractivity contribution is -0.385. The van der Waals surface area contributed by atoms with E-state index < -0.39 is 26.4 Å². The highest BCUT2D eigenvalue weighted by Crippen LogP contribution is 2.28. The molecule has 0 heterocycles. The van der Waals surface area contributed by atoms with Gasteiger partial charge >= 0.3 is 5.97 Å². The standard InChI is InChI=1S/C14H19NO6S/c1-4-5-6-7-10-8-12(15(17)18)11(14(16)21-2)9-13(10)22(3,19)20/h8-9H,4-7H2,1-3H3. The van der Waals surface area contributed by atoms with E-state index >= 15 is 0 Å². The fourth-order valence-electron chi connectivity index (χ4n) is 2.14. The molecule has 0 atom stereocenters. The molecule has 0 bridgehead atoms. The summed E-state index contributed by atoms with van der Waals surface area (Å²) in [5.74, 6) is -0.934. The topological polar surface area (TPSA) is 104 Å². The molecule has 0 aliphatic carbocycles. The maximum atomic E-state index is 11.9. The Morgan fingerprint density at radius 3 is 2.41 bits per heavy atom. The Morgan fingerprint density at radius 2 is 1.95 bits per heavy atom. The molecule has 0 N–H and O–H groups in total. The second-order valence-electron chi connectivity index (χ2n) is 4.96. The first kappa shape index (κ1) is 18.1. The number of hydrogen-bond donors (Lipinski definition) is 0. The number of methoxy groups -OCH3 is 1. The minimum absolute atomic E-state index is 0.0606. The van der Waals surface area contributed by atoms with Crippen molar-refractivity contribution in [3.05, 3.63) is 33.4 Å². The predicted octanol–water partition coefficient (Wildman–Crippen LogP) is 2.52. The van der Waals surface area contributed by atoms with Gasteiger partial charge in [0, 0.05) is 12.3 Å². The largest absolute Gasteiger partial charge is 0.465 e. The number of unbranched alkanes of at least 4 members (excludes halogenated alkanes) is 2. The quantitative estimate of drug-likeness (QED) is 0.329. The normalized spacial score (nSPS) is 11.2. The third kappa shape index (κ3) is 4.27. The van der Waals surface area contributed by atoms with E-state index in [0.29, 0.717) is 18.4 Å². The molecule has 0 radical (unpaired) electrons. The molecule has 1 rings (SSSR count). The van der Waals surface area contributed by atoms with Gasteiger partial charge in [0.1, 0.15) is 5.56 Å². The number of nitro benzene ring substituents is 1. The van der Waals surface area contributed by atoms with Gasteiger partial charge in [-0.1, -0.05) is 19.8 Å². The molecular formula is C14H19NO6S. The number of ether oxygens (including phenoxy) is 1. The van der Waals surface area contributed by atoms with Crippen molar-refractivity contribution in [3.63, 3.8) is 0 Å². The third-order valence-corrected chi connectivity index (χ3v) is 4.41. The van der Waals surface area contributed by atoms with Crippen LogP contribution in [0.1, 0.15) is 42.1 Å². The number of rotatable bonds is 7. The number of aryl methyl sites for hydroxylation is 1.